The average molecular weight is 228 g/mol. The maximum atomic E-state index is 11.4. The van der Waals surface area contributed by atoms with Gasteiger partial charge in [0.1, 0.15) is 6.61 Å². The number of nitrogens with one attached hydrogen (secondary N) is 1. The smallest absolute Gasteiger partial charge is 0.246 e. The van der Waals surface area contributed by atoms with E-state index in [2.05, 4.69) is 5.32 Å². The van der Waals surface area contributed by atoms with Crippen LogP contribution in [0.2, 0.25) is 0 Å². The molecule has 0 aromatic heterocycles. The maximum Gasteiger partial charge on any atom is 0.246 e. The molecule has 1 atom stereocenters. The van der Waals surface area contributed by atoms with Crippen LogP contribution in [-0.2, 0) is 14.3 Å². The summed E-state index contributed by atoms with van der Waals surface area (Å²) in [6, 6.07) is 0.0698. The van der Waals surface area contributed by atoms with Gasteiger partial charge >= 0.3 is 0 Å². The Balaban J connectivity index is 2.21. The summed E-state index contributed by atoms with van der Waals surface area (Å²) in [4.78, 5) is 24.3. The van der Waals surface area contributed by atoms with Crippen molar-refractivity contribution in [2.45, 2.75) is 32.2 Å². The van der Waals surface area contributed by atoms with E-state index >= 15 is 0 Å². The van der Waals surface area contributed by atoms with Crippen LogP contribution in [0.5, 0.6) is 0 Å². The summed E-state index contributed by atoms with van der Waals surface area (Å²) in [5, 5.41) is 2.87. The molecule has 0 aliphatic carbocycles. The van der Waals surface area contributed by atoms with Crippen LogP contribution in [0.15, 0.2) is 0 Å². The Morgan fingerprint density at radius 1 is 1.62 bits per heavy atom. The molecule has 1 aliphatic heterocycles. The Kier molecular flexibility index (Phi) is 5.25. The summed E-state index contributed by atoms with van der Waals surface area (Å²) >= 11 is 0. The summed E-state index contributed by atoms with van der Waals surface area (Å²) < 4.78 is 5.14. The highest BCUT2D eigenvalue weighted by Crippen LogP contribution is 2.09. The van der Waals surface area contributed by atoms with Crippen molar-refractivity contribution in [2.75, 3.05) is 26.8 Å². The molecule has 5 heteroatoms. The second kappa shape index (κ2) is 6.48. The van der Waals surface area contributed by atoms with Crippen LogP contribution in [0.1, 0.15) is 26.2 Å². The van der Waals surface area contributed by atoms with Crippen molar-refractivity contribution >= 4 is 11.8 Å². The van der Waals surface area contributed by atoms with Crippen LogP contribution in [0, 0.1) is 0 Å². The largest absolute Gasteiger partial charge is 0.372 e. The lowest BCUT2D eigenvalue weighted by Gasteiger charge is -2.30. The van der Waals surface area contributed by atoms with Crippen molar-refractivity contribution < 1.29 is 14.3 Å². The van der Waals surface area contributed by atoms with E-state index in [1.807, 2.05) is 6.92 Å². The van der Waals surface area contributed by atoms with Gasteiger partial charge in [-0.1, -0.05) is 6.92 Å². The number of likely N-dealkylation sites (N-methyl/N-ethyl adjacent to an activating group) is 1. The fourth-order valence-electron chi connectivity index (χ4n) is 1.71. The molecule has 0 unspecified atom stereocenters. The molecule has 0 bridgehead atoms. The van der Waals surface area contributed by atoms with E-state index in [9.17, 15) is 9.59 Å². The minimum atomic E-state index is -0.0961. The summed E-state index contributed by atoms with van der Waals surface area (Å²) in [7, 11) is 1.76. The molecule has 0 saturated carbocycles. The van der Waals surface area contributed by atoms with Crippen molar-refractivity contribution in [3.63, 3.8) is 0 Å². The van der Waals surface area contributed by atoms with Gasteiger partial charge in [0.25, 0.3) is 0 Å². The molecule has 1 rings (SSSR count). The van der Waals surface area contributed by atoms with Crippen LogP contribution < -0.4 is 5.32 Å². The predicted octanol–water partition coefficient (Wildman–Crippen LogP) is 0.150. The maximum absolute atomic E-state index is 11.4. The number of hydrogen-bond acceptors (Lipinski definition) is 3. The number of carbonyl (C=O) groups excluding carboxylic acids is 2. The zero-order chi connectivity index (χ0) is 12.0. The van der Waals surface area contributed by atoms with Gasteiger partial charge in [0.15, 0.2) is 0 Å². The first-order valence-electron chi connectivity index (χ1n) is 5.74. The summed E-state index contributed by atoms with van der Waals surface area (Å²) in [5.74, 6) is 0.0499. The third-order valence-electron chi connectivity index (χ3n) is 2.57. The monoisotopic (exact) mass is 228 g/mol. The summed E-state index contributed by atoms with van der Waals surface area (Å²) in [6.45, 7) is 3.32. The molecular weight excluding hydrogens is 208 g/mol. The SMILES string of the molecule is CCCOCC(=O)N[C@H]1CCC(=O)N(C)C1. The minimum Gasteiger partial charge on any atom is -0.372 e. The number of piperidine rings is 1. The van der Waals surface area contributed by atoms with Crippen molar-refractivity contribution in [3.05, 3.63) is 0 Å². The molecule has 16 heavy (non-hydrogen) atoms. The number of nitrogens with zero attached hydrogens (tertiary/aromatic N) is 1. The van der Waals surface area contributed by atoms with E-state index in [-0.39, 0.29) is 24.5 Å². The first-order valence-corrected chi connectivity index (χ1v) is 5.74. The Hall–Kier alpha value is -1.10. The van der Waals surface area contributed by atoms with E-state index in [0.29, 0.717) is 19.6 Å². The Morgan fingerprint density at radius 2 is 2.38 bits per heavy atom. The van der Waals surface area contributed by atoms with Gasteiger partial charge in [0, 0.05) is 32.7 Å². The van der Waals surface area contributed by atoms with E-state index in [0.717, 1.165) is 12.8 Å². The standard InChI is InChI=1S/C11H20N2O3/c1-3-6-16-8-10(14)12-9-4-5-11(15)13(2)7-9/h9H,3-8H2,1-2H3,(H,12,14)/t9-/m0/s1. The second-order valence-corrected chi connectivity index (χ2v) is 4.13. The predicted molar refractivity (Wildman–Crippen MR) is 59.9 cm³/mol. The topological polar surface area (TPSA) is 58.6 Å². The van der Waals surface area contributed by atoms with Crippen molar-refractivity contribution in [2.24, 2.45) is 0 Å². The molecule has 1 saturated heterocycles. The zero-order valence-corrected chi connectivity index (χ0v) is 9.99. The van der Waals surface area contributed by atoms with Gasteiger partial charge < -0.3 is 15.0 Å². The number of carbonyl (C=O) groups is 2. The average Bonchev–Trinajstić information content (AvgIpc) is 2.24. The fourth-order valence-corrected chi connectivity index (χ4v) is 1.71. The molecule has 0 radical (unpaired) electrons. The number of amides is 2. The molecule has 0 aromatic rings. The number of rotatable bonds is 5. The molecule has 1 aliphatic rings. The highest BCUT2D eigenvalue weighted by molar-refractivity contribution is 5.79. The molecule has 1 fully saturated rings. The fraction of sp³-hybridized carbons (Fsp3) is 0.818. The Morgan fingerprint density at radius 3 is 3.00 bits per heavy atom. The van der Waals surface area contributed by atoms with Crippen LogP contribution in [0.4, 0.5) is 0 Å². The normalized spacial score (nSPS) is 21.0. The molecule has 0 spiro atoms. The molecule has 2 amide bonds. The highest BCUT2D eigenvalue weighted by Gasteiger charge is 2.23. The van der Waals surface area contributed by atoms with Gasteiger partial charge in [-0.25, -0.2) is 0 Å². The van der Waals surface area contributed by atoms with Gasteiger partial charge in [-0.2, -0.15) is 0 Å². The van der Waals surface area contributed by atoms with Crippen molar-refractivity contribution in [1.29, 1.82) is 0 Å². The highest BCUT2D eigenvalue weighted by atomic mass is 16.5. The summed E-state index contributed by atoms with van der Waals surface area (Å²) in [6.07, 6.45) is 2.15. The lowest BCUT2D eigenvalue weighted by molar-refractivity contribution is -0.134. The summed E-state index contributed by atoms with van der Waals surface area (Å²) in [5.41, 5.74) is 0. The first kappa shape index (κ1) is 13.0. The molecular formula is C11H20N2O3. The third kappa shape index (κ3) is 4.18. The Bertz CT molecular complexity index is 256. The minimum absolute atomic E-state index is 0.0698. The second-order valence-electron chi connectivity index (χ2n) is 4.13. The van der Waals surface area contributed by atoms with Crippen molar-refractivity contribution in [3.8, 4) is 0 Å². The lowest BCUT2D eigenvalue weighted by Crippen LogP contribution is -2.49. The van der Waals surface area contributed by atoms with E-state index in [4.69, 9.17) is 4.74 Å². The van der Waals surface area contributed by atoms with E-state index in [1.165, 1.54) is 0 Å². The van der Waals surface area contributed by atoms with Gasteiger partial charge in [-0.3, -0.25) is 9.59 Å². The van der Waals surface area contributed by atoms with Gasteiger partial charge in [-0.15, -0.1) is 0 Å². The molecule has 1 heterocycles. The number of likely N-dealkylation sites (tertiary alicyclic amines) is 1. The Labute approximate surface area is 96.1 Å². The number of hydrogen-bond donors (Lipinski definition) is 1. The van der Waals surface area contributed by atoms with Crippen LogP contribution in [0.25, 0.3) is 0 Å². The van der Waals surface area contributed by atoms with Gasteiger partial charge in [0.05, 0.1) is 0 Å². The van der Waals surface area contributed by atoms with Crippen LogP contribution >= 0.6 is 0 Å². The lowest BCUT2D eigenvalue weighted by atomic mass is 10.1. The molecule has 5 nitrogen and oxygen atoms in total. The van der Waals surface area contributed by atoms with Gasteiger partial charge in [0.2, 0.25) is 11.8 Å². The van der Waals surface area contributed by atoms with Crippen molar-refractivity contribution in [1.82, 2.24) is 10.2 Å². The molecule has 92 valence electrons. The van der Waals surface area contributed by atoms with Gasteiger partial charge in [-0.05, 0) is 12.8 Å². The van der Waals surface area contributed by atoms with Crippen LogP contribution in [-0.4, -0.2) is 49.6 Å². The van der Waals surface area contributed by atoms with E-state index < -0.39 is 0 Å². The zero-order valence-electron chi connectivity index (χ0n) is 9.99. The quantitative estimate of drug-likeness (QED) is 0.681. The molecule has 0 aromatic carbocycles. The molecule has 1 N–H and O–H groups in total. The number of ether oxygens (including phenoxy) is 1. The first-order chi connectivity index (χ1) is 7.63. The van der Waals surface area contributed by atoms with E-state index in [1.54, 1.807) is 11.9 Å². The third-order valence-corrected chi connectivity index (χ3v) is 2.57. The van der Waals surface area contributed by atoms with Crippen LogP contribution in [0.3, 0.4) is 0 Å².